The highest BCUT2D eigenvalue weighted by Crippen LogP contribution is 2.31. The van der Waals surface area contributed by atoms with E-state index < -0.39 is 10.0 Å². The highest BCUT2D eigenvalue weighted by Gasteiger charge is 2.32. The third-order valence-corrected chi connectivity index (χ3v) is 8.12. The summed E-state index contributed by atoms with van der Waals surface area (Å²) in [5.41, 5.74) is 1.01. The smallest absolute Gasteiger partial charge is 0.240 e. The van der Waals surface area contributed by atoms with Crippen LogP contribution in [0.25, 0.3) is 0 Å². The molecule has 0 unspecified atom stereocenters. The van der Waals surface area contributed by atoms with Gasteiger partial charge in [-0.3, -0.25) is 4.90 Å². The fourth-order valence-electron chi connectivity index (χ4n) is 4.09. The number of halogens is 1. The molecule has 31 heavy (non-hydrogen) atoms. The van der Waals surface area contributed by atoms with Crippen molar-refractivity contribution >= 4 is 27.0 Å². The number of sulfonamides is 1. The number of hydrogen-bond donors (Lipinski definition) is 1. The minimum atomic E-state index is -3.61. The van der Waals surface area contributed by atoms with E-state index in [-0.39, 0.29) is 22.8 Å². The lowest BCUT2D eigenvalue weighted by atomic mass is 10.1. The molecule has 1 N–H and O–H groups in total. The zero-order chi connectivity index (χ0) is 21.8. The molecule has 0 aliphatic carbocycles. The Balaban J connectivity index is 1.49. The summed E-state index contributed by atoms with van der Waals surface area (Å²) >= 11 is 1.64. The molecule has 1 saturated heterocycles. The molecule has 0 spiro atoms. The molecule has 4 rings (SSSR count). The van der Waals surface area contributed by atoms with Gasteiger partial charge in [-0.25, -0.2) is 17.5 Å². The van der Waals surface area contributed by atoms with Crippen molar-refractivity contribution in [2.75, 3.05) is 31.1 Å². The normalized spacial score (nSPS) is 17.4. The van der Waals surface area contributed by atoms with Crippen LogP contribution < -0.4 is 9.62 Å². The molecular weight excluding hydrogens is 433 g/mol. The highest BCUT2D eigenvalue weighted by molar-refractivity contribution is 7.89. The highest BCUT2D eigenvalue weighted by atomic mass is 32.2. The van der Waals surface area contributed by atoms with Crippen molar-refractivity contribution in [2.45, 2.75) is 23.9 Å². The van der Waals surface area contributed by atoms with Gasteiger partial charge in [0.15, 0.2) is 0 Å². The molecule has 0 radical (unpaired) electrons. The van der Waals surface area contributed by atoms with E-state index in [0.29, 0.717) is 0 Å². The molecule has 1 fully saturated rings. The van der Waals surface area contributed by atoms with Gasteiger partial charge in [0.05, 0.1) is 10.9 Å². The summed E-state index contributed by atoms with van der Waals surface area (Å²) < 4.78 is 41.9. The SMILES string of the molecule is C[C@@H](NS(=O)(=O)c1ccccc1)[C@H](c1cccs1)N1CCN(c2ccc(F)cc2)CC1. The molecule has 2 atom stereocenters. The maximum Gasteiger partial charge on any atom is 0.240 e. The maximum atomic E-state index is 13.2. The third kappa shape index (κ3) is 5.15. The molecule has 1 aromatic heterocycles. The number of benzene rings is 2. The third-order valence-electron chi connectivity index (χ3n) is 5.60. The van der Waals surface area contributed by atoms with Gasteiger partial charge in [-0.05, 0) is 54.8 Å². The quantitative estimate of drug-likeness (QED) is 0.578. The Morgan fingerprint density at radius 2 is 1.61 bits per heavy atom. The summed E-state index contributed by atoms with van der Waals surface area (Å²) in [6.07, 6.45) is 0. The molecular formula is C23H26FN3O2S2. The van der Waals surface area contributed by atoms with Crippen LogP contribution >= 0.6 is 11.3 Å². The number of nitrogens with one attached hydrogen (secondary N) is 1. The molecule has 1 aliphatic heterocycles. The summed E-state index contributed by atoms with van der Waals surface area (Å²) in [6.45, 7) is 5.10. The Morgan fingerprint density at radius 3 is 2.23 bits per heavy atom. The lowest BCUT2D eigenvalue weighted by Gasteiger charge is -2.42. The zero-order valence-corrected chi connectivity index (χ0v) is 18.9. The Labute approximate surface area is 187 Å². The lowest BCUT2D eigenvalue weighted by Crippen LogP contribution is -2.52. The topological polar surface area (TPSA) is 52.7 Å². The van der Waals surface area contributed by atoms with Crippen LogP contribution in [0.1, 0.15) is 17.8 Å². The van der Waals surface area contributed by atoms with E-state index in [9.17, 15) is 12.8 Å². The summed E-state index contributed by atoms with van der Waals surface area (Å²) in [5.74, 6) is -0.236. The van der Waals surface area contributed by atoms with Gasteiger partial charge in [-0.1, -0.05) is 24.3 Å². The van der Waals surface area contributed by atoms with Gasteiger partial charge in [0.2, 0.25) is 10.0 Å². The van der Waals surface area contributed by atoms with Crippen molar-refractivity contribution in [3.63, 3.8) is 0 Å². The van der Waals surface area contributed by atoms with Crippen molar-refractivity contribution in [3.8, 4) is 0 Å². The Hall–Kier alpha value is -2.26. The van der Waals surface area contributed by atoms with Crippen molar-refractivity contribution in [1.82, 2.24) is 9.62 Å². The van der Waals surface area contributed by atoms with Crippen LogP contribution in [-0.4, -0.2) is 45.5 Å². The number of rotatable bonds is 7. The average molecular weight is 460 g/mol. The molecule has 0 bridgehead atoms. The van der Waals surface area contributed by atoms with Crippen LogP contribution in [0.3, 0.4) is 0 Å². The van der Waals surface area contributed by atoms with Crippen molar-refractivity contribution in [3.05, 3.63) is 82.8 Å². The van der Waals surface area contributed by atoms with E-state index in [2.05, 4.69) is 20.6 Å². The fraction of sp³-hybridized carbons (Fsp3) is 0.304. The Morgan fingerprint density at radius 1 is 0.935 bits per heavy atom. The van der Waals surface area contributed by atoms with Crippen molar-refractivity contribution < 1.29 is 12.8 Å². The van der Waals surface area contributed by atoms with E-state index in [4.69, 9.17) is 0 Å². The van der Waals surface area contributed by atoms with Gasteiger partial charge in [-0.15, -0.1) is 11.3 Å². The van der Waals surface area contributed by atoms with Crippen LogP contribution in [-0.2, 0) is 10.0 Å². The second kappa shape index (κ2) is 9.48. The first-order chi connectivity index (χ1) is 14.9. The number of thiophene rings is 1. The predicted octanol–water partition coefficient (Wildman–Crippen LogP) is 4.12. The second-order valence-corrected chi connectivity index (χ2v) is 10.4. The summed E-state index contributed by atoms with van der Waals surface area (Å²) in [7, 11) is -3.61. The Kier molecular flexibility index (Phi) is 6.71. The lowest BCUT2D eigenvalue weighted by molar-refractivity contribution is 0.164. The molecule has 8 heteroatoms. The molecule has 2 heterocycles. The largest absolute Gasteiger partial charge is 0.369 e. The van der Waals surface area contributed by atoms with E-state index in [1.807, 2.05) is 18.4 Å². The van der Waals surface area contributed by atoms with Crippen LogP contribution in [0.4, 0.5) is 10.1 Å². The van der Waals surface area contributed by atoms with E-state index in [1.165, 1.54) is 12.1 Å². The summed E-state index contributed by atoms with van der Waals surface area (Å²) in [5, 5.41) is 2.02. The van der Waals surface area contributed by atoms with Gasteiger partial charge in [0, 0.05) is 42.8 Å². The van der Waals surface area contributed by atoms with Crippen LogP contribution in [0.2, 0.25) is 0 Å². The minimum Gasteiger partial charge on any atom is -0.369 e. The van der Waals surface area contributed by atoms with Crippen molar-refractivity contribution in [2.24, 2.45) is 0 Å². The molecule has 0 saturated carbocycles. The molecule has 0 amide bonds. The minimum absolute atomic E-state index is 0.0612. The first-order valence-corrected chi connectivity index (χ1v) is 12.7. The summed E-state index contributed by atoms with van der Waals surface area (Å²) in [6, 6.07) is 18.7. The van der Waals surface area contributed by atoms with Crippen LogP contribution in [0, 0.1) is 5.82 Å². The molecule has 3 aromatic rings. The van der Waals surface area contributed by atoms with E-state index in [1.54, 1.807) is 53.8 Å². The van der Waals surface area contributed by atoms with E-state index >= 15 is 0 Å². The molecule has 164 valence electrons. The average Bonchev–Trinajstić information content (AvgIpc) is 3.30. The molecule has 1 aliphatic rings. The molecule has 5 nitrogen and oxygen atoms in total. The van der Waals surface area contributed by atoms with Gasteiger partial charge in [-0.2, -0.15) is 0 Å². The molecule has 2 aromatic carbocycles. The maximum absolute atomic E-state index is 13.2. The summed E-state index contributed by atoms with van der Waals surface area (Å²) in [4.78, 5) is 5.98. The van der Waals surface area contributed by atoms with Gasteiger partial charge in [0.1, 0.15) is 5.82 Å². The van der Waals surface area contributed by atoms with Gasteiger partial charge < -0.3 is 4.90 Å². The number of nitrogens with zero attached hydrogens (tertiary/aromatic N) is 2. The number of hydrogen-bond acceptors (Lipinski definition) is 5. The standard InChI is InChI=1S/C23H26FN3O2S2/c1-18(25-31(28,29)21-6-3-2-4-7-21)23(22-8-5-17-30-22)27-15-13-26(14-16-27)20-11-9-19(24)10-12-20/h2-12,17-18,23,25H,13-16H2,1H3/t18-,23-/m1/s1. The van der Waals surface area contributed by atoms with Crippen LogP contribution in [0.5, 0.6) is 0 Å². The fourth-order valence-corrected chi connectivity index (χ4v) is 6.32. The second-order valence-electron chi connectivity index (χ2n) is 7.68. The van der Waals surface area contributed by atoms with E-state index in [0.717, 1.165) is 36.7 Å². The number of anilines is 1. The van der Waals surface area contributed by atoms with Gasteiger partial charge in [0.25, 0.3) is 0 Å². The Bertz CT molecular complexity index is 1070. The first kappa shape index (κ1) is 22.0. The van der Waals surface area contributed by atoms with Crippen LogP contribution in [0.15, 0.2) is 77.0 Å². The number of piperazine rings is 1. The predicted molar refractivity (Wildman–Crippen MR) is 123 cm³/mol. The monoisotopic (exact) mass is 459 g/mol. The first-order valence-electron chi connectivity index (χ1n) is 10.3. The van der Waals surface area contributed by atoms with Gasteiger partial charge >= 0.3 is 0 Å². The zero-order valence-electron chi connectivity index (χ0n) is 17.3. The van der Waals surface area contributed by atoms with Crippen molar-refractivity contribution in [1.29, 1.82) is 0 Å².